The van der Waals surface area contributed by atoms with Gasteiger partial charge in [0.15, 0.2) is 6.10 Å². The minimum atomic E-state index is -3.08. The molecule has 232 valence electrons. The van der Waals surface area contributed by atoms with Crippen molar-refractivity contribution in [1.29, 1.82) is 0 Å². The van der Waals surface area contributed by atoms with Crippen molar-refractivity contribution in [2.75, 3.05) is 25.6 Å². The van der Waals surface area contributed by atoms with Gasteiger partial charge in [0.1, 0.15) is 36.7 Å². The van der Waals surface area contributed by atoms with Crippen LogP contribution in [0, 0.1) is 12.3 Å². The third-order valence-corrected chi connectivity index (χ3v) is 5.59. The standard InChI is InChI=1S/C25H35F2N3O9.C2H6/c1-3-4-5-6-7-8-19(32)30-16(12-28)24(35)29-14-9-10-18(15(11-14)23(26)27)39-13-17(31)20(33)21(34)22(38-2)25(36)37;1-2/h1,9-11,16-17,20-23,31,33-34H,4-8,12-13,28H2,2H3,(H,29,35)(H,30,32)(H,36,37);1-2H3. The van der Waals surface area contributed by atoms with E-state index in [1.807, 2.05) is 13.8 Å². The van der Waals surface area contributed by atoms with Crippen LogP contribution in [-0.2, 0) is 19.1 Å². The molecule has 1 aromatic rings. The average Bonchev–Trinajstić information content (AvgIpc) is 2.95. The fourth-order valence-electron chi connectivity index (χ4n) is 3.41. The van der Waals surface area contributed by atoms with Gasteiger partial charge in [-0.05, 0) is 31.0 Å². The number of aliphatic carboxylic acids is 1. The van der Waals surface area contributed by atoms with E-state index in [0.29, 0.717) is 12.8 Å². The molecule has 1 rings (SSSR count). The first-order chi connectivity index (χ1) is 19.5. The predicted molar refractivity (Wildman–Crippen MR) is 146 cm³/mol. The molecule has 14 heteroatoms. The van der Waals surface area contributed by atoms with Gasteiger partial charge in [0.05, 0.1) is 5.56 Å². The van der Waals surface area contributed by atoms with Crippen molar-refractivity contribution in [3.63, 3.8) is 0 Å². The molecule has 0 heterocycles. The number of halogens is 2. The Balaban J connectivity index is 0.00000781. The Kier molecular flexibility index (Phi) is 18.8. The summed E-state index contributed by atoms with van der Waals surface area (Å²) in [4.78, 5) is 35.7. The highest BCUT2D eigenvalue weighted by molar-refractivity contribution is 5.97. The molecule has 12 nitrogen and oxygen atoms in total. The monoisotopic (exact) mass is 589 g/mol. The van der Waals surface area contributed by atoms with Crippen molar-refractivity contribution in [3.8, 4) is 18.1 Å². The number of methoxy groups -OCH3 is 1. The number of aliphatic hydroxyl groups is 3. The van der Waals surface area contributed by atoms with E-state index < -0.39 is 72.6 Å². The Hall–Kier alpha value is -3.35. The number of carboxylic acid groups (broad SMARTS) is 1. The fourth-order valence-corrected chi connectivity index (χ4v) is 3.41. The number of terminal acetylenes is 1. The normalized spacial score (nSPS) is 14.4. The van der Waals surface area contributed by atoms with Gasteiger partial charge in [0.25, 0.3) is 6.43 Å². The van der Waals surface area contributed by atoms with Crippen LogP contribution in [0.4, 0.5) is 14.5 Å². The number of nitrogens with two attached hydrogens (primary N) is 1. The number of hydrogen-bond acceptors (Lipinski definition) is 9. The van der Waals surface area contributed by atoms with Gasteiger partial charge in [-0.25, -0.2) is 13.6 Å². The SMILES string of the molecule is C#CCCCCCC(=O)NC(CN)C(=O)Nc1ccc(OCC(O)C(O)C(O)C(OC)C(=O)O)c(C(F)F)c1.CC. The predicted octanol–water partition coefficient (Wildman–Crippen LogP) is 1.18. The van der Waals surface area contributed by atoms with E-state index in [0.717, 1.165) is 32.1 Å². The van der Waals surface area contributed by atoms with Gasteiger partial charge >= 0.3 is 5.97 Å². The van der Waals surface area contributed by atoms with Crippen molar-refractivity contribution in [2.24, 2.45) is 5.73 Å². The number of ether oxygens (including phenoxy) is 2. The summed E-state index contributed by atoms with van der Waals surface area (Å²) in [6.07, 6.45) is -2.84. The Morgan fingerprint density at radius 3 is 2.29 bits per heavy atom. The molecule has 0 bridgehead atoms. The summed E-state index contributed by atoms with van der Waals surface area (Å²) in [6, 6.07) is 2.11. The molecule has 1 aromatic carbocycles. The van der Waals surface area contributed by atoms with Crippen molar-refractivity contribution in [2.45, 2.75) is 82.8 Å². The zero-order valence-corrected chi connectivity index (χ0v) is 23.4. The lowest BCUT2D eigenvalue weighted by atomic mass is 10.0. The highest BCUT2D eigenvalue weighted by Gasteiger charge is 2.36. The summed E-state index contributed by atoms with van der Waals surface area (Å²) >= 11 is 0. The van der Waals surface area contributed by atoms with Crippen molar-refractivity contribution >= 4 is 23.5 Å². The number of nitrogens with one attached hydrogen (secondary N) is 2. The van der Waals surface area contributed by atoms with E-state index in [2.05, 4.69) is 21.3 Å². The maximum absolute atomic E-state index is 13.7. The smallest absolute Gasteiger partial charge is 0.335 e. The number of alkyl halides is 2. The second kappa shape index (κ2) is 20.5. The number of hydrogen-bond donors (Lipinski definition) is 7. The summed E-state index contributed by atoms with van der Waals surface area (Å²) in [7, 11) is 0.973. The van der Waals surface area contributed by atoms with Crippen LogP contribution in [0.25, 0.3) is 0 Å². The highest BCUT2D eigenvalue weighted by atomic mass is 19.3. The van der Waals surface area contributed by atoms with E-state index in [1.165, 1.54) is 6.07 Å². The minimum Gasteiger partial charge on any atom is -0.490 e. The third-order valence-electron chi connectivity index (χ3n) is 5.59. The molecule has 5 atom stereocenters. The Bertz CT molecular complexity index is 991. The average molecular weight is 590 g/mol. The molecular weight excluding hydrogens is 548 g/mol. The first kappa shape index (κ1) is 37.6. The quantitative estimate of drug-likeness (QED) is 0.0963. The molecule has 0 aromatic heterocycles. The lowest BCUT2D eigenvalue weighted by Gasteiger charge is -2.26. The van der Waals surface area contributed by atoms with Crippen molar-refractivity contribution in [1.82, 2.24) is 5.32 Å². The van der Waals surface area contributed by atoms with E-state index in [9.17, 15) is 38.5 Å². The molecule has 0 saturated heterocycles. The summed E-state index contributed by atoms with van der Waals surface area (Å²) in [5.41, 5.74) is 4.87. The molecule has 0 saturated carbocycles. The molecule has 0 aliphatic rings. The molecule has 0 spiro atoms. The third kappa shape index (κ3) is 13.2. The second-order valence-corrected chi connectivity index (χ2v) is 8.52. The number of carbonyl (C=O) groups excluding carboxylic acids is 2. The zero-order chi connectivity index (χ0) is 31.5. The maximum atomic E-state index is 13.7. The number of unbranched alkanes of at least 4 members (excludes halogenated alkanes) is 3. The van der Waals surface area contributed by atoms with Gasteiger partial charge in [-0.1, -0.05) is 20.3 Å². The van der Waals surface area contributed by atoms with Crippen LogP contribution in [0.2, 0.25) is 0 Å². The van der Waals surface area contributed by atoms with Crippen LogP contribution in [0.5, 0.6) is 5.75 Å². The molecular formula is C27H41F2N3O9. The van der Waals surface area contributed by atoms with Crippen LogP contribution in [0.3, 0.4) is 0 Å². The lowest BCUT2D eigenvalue weighted by Crippen LogP contribution is -2.50. The molecule has 0 aliphatic carbocycles. The second-order valence-electron chi connectivity index (χ2n) is 8.52. The first-order valence-electron chi connectivity index (χ1n) is 13.0. The molecule has 0 radical (unpaired) electrons. The Labute approximate surface area is 238 Å². The van der Waals surface area contributed by atoms with Gasteiger partial charge in [-0.15, -0.1) is 12.3 Å². The topological polar surface area (TPSA) is 201 Å². The number of benzene rings is 1. The number of rotatable bonds is 18. The molecule has 41 heavy (non-hydrogen) atoms. The molecule has 2 amide bonds. The van der Waals surface area contributed by atoms with Crippen LogP contribution >= 0.6 is 0 Å². The van der Waals surface area contributed by atoms with E-state index in [4.69, 9.17) is 22.0 Å². The van der Waals surface area contributed by atoms with E-state index >= 15 is 0 Å². The zero-order valence-electron chi connectivity index (χ0n) is 23.4. The largest absolute Gasteiger partial charge is 0.490 e. The van der Waals surface area contributed by atoms with E-state index in [-0.39, 0.29) is 18.7 Å². The molecule has 0 fully saturated rings. The number of anilines is 1. The molecule has 0 aliphatic heterocycles. The van der Waals surface area contributed by atoms with Crippen molar-refractivity contribution < 1.29 is 53.1 Å². The minimum absolute atomic E-state index is 0.0509. The highest BCUT2D eigenvalue weighted by Crippen LogP contribution is 2.32. The fraction of sp³-hybridized carbons (Fsp3) is 0.593. The number of amides is 2. The summed E-state index contributed by atoms with van der Waals surface area (Å²) in [5, 5.41) is 43.8. The summed E-state index contributed by atoms with van der Waals surface area (Å²) in [5.74, 6) is -0.627. The molecule has 5 unspecified atom stereocenters. The van der Waals surface area contributed by atoms with Gasteiger partial charge in [0, 0.05) is 32.2 Å². The summed E-state index contributed by atoms with van der Waals surface area (Å²) in [6.45, 7) is 2.97. The van der Waals surface area contributed by atoms with Crippen LogP contribution < -0.4 is 21.1 Å². The van der Waals surface area contributed by atoms with Crippen LogP contribution in [0.1, 0.15) is 57.9 Å². The van der Waals surface area contributed by atoms with Gasteiger partial charge < -0.3 is 46.3 Å². The number of carbonyl (C=O) groups is 3. The van der Waals surface area contributed by atoms with Gasteiger partial charge in [-0.2, -0.15) is 0 Å². The van der Waals surface area contributed by atoms with Gasteiger partial charge in [-0.3, -0.25) is 9.59 Å². The van der Waals surface area contributed by atoms with Crippen molar-refractivity contribution in [3.05, 3.63) is 23.8 Å². The number of carboxylic acids is 1. The Morgan fingerprint density at radius 2 is 1.76 bits per heavy atom. The molecule has 8 N–H and O–H groups in total. The van der Waals surface area contributed by atoms with Crippen LogP contribution in [0.15, 0.2) is 18.2 Å². The number of aliphatic hydroxyl groups excluding tert-OH is 3. The van der Waals surface area contributed by atoms with Gasteiger partial charge in [0.2, 0.25) is 11.8 Å². The maximum Gasteiger partial charge on any atom is 0.335 e. The van der Waals surface area contributed by atoms with E-state index in [1.54, 1.807) is 0 Å². The summed E-state index contributed by atoms with van der Waals surface area (Å²) < 4.78 is 37.1. The lowest BCUT2D eigenvalue weighted by molar-refractivity contribution is -0.167. The Morgan fingerprint density at radius 1 is 1.10 bits per heavy atom. The first-order valence-corrected chi connectivity index (χ1v) is 13.0. The van der Waals surface area contributed by atoms with Crippen LogP contribution in [-0.4, -0.2) is 88.9 Å².